The van der Waals surface area contributed by atoms with Gasteiger partial charge in [0.2, 0.25) is 17.7 Å². The Morgan fingerprint density at radius 1 is 1.03 bits per heavy atom. The summed E-state index contributed by atoms with van der Waals surface area (Å²) in [6.07, 6.45) is 10.4. The molecule has 1 aromatic rings. The lowest BCUT2D eigenvalue weighted by Crippen LogP contribution is -2.57. The highest BCUT2D eigenvalue weighted by molar-refractivity contribution is 8.02. The second-order valence-electron chi connectivity index (χ2n) is 10.9. The Labute approximate surface area is 223 Å². The average molecular weight is 524 g/mol. The molecule has 4 heterocycles. The second kappa shape index (κ2) is 9.95. The predicted octanol–water partition coefficient (Wildman–Crippen LogP) is 2.50. The molecule has 37 heavy (non-hydrogen) atoms. The Balaban J connectivity index is 1.63. The zero-order chi connectivity index (χ0) is 26.4. The molecule has 0 aromatic heterocycles. The van der Waals surface area contributed by atoms with E-state index in [1.807, 2.05) is 60.4 Å². The summed E-state index contributed by atoms with van der Waals surface area (Å²) in [5.41, 5.74) is 0.991. The highest BCUT2D eigenvalue weighted by Crippen LogP contribution is 2.65. The third-order valence-electron chi connectivity index (χ3n) is 8.48. The van der Waals surface area contributed by atoms with Crippen LogP contribution in [-0.2, 0) is 20.8 Å². The van der Waals surface area contributed by atoms with Crippen LogP contribution in [0.2, 0.25) is 0 Å². The highest BCUT2D eigenvalue weighted by Gasteiger charge is 2.74. The van der Waals surface area contributed by atoms with Crippen LogP contribution in [0.1, 0.15) is 32.3 Å². The van der Waals surface area contributed by atoms with Gasteiger partial charge in [0.05, 0.1) is 29.2 Å². The molecular formula is C29H37N3O4S. The normalized spacial score (nSPS) is 33.8. The van der Waals surface area contributed by atoms with Gasteiger partial charge in [0.15, 0.2) is 0 Å². The summed E-state index contributed by atoms with van der Waals surface area (Å²) >= 11 is 1.59. The number of aliphatic hydroxyl groups excluding tert-OH is 1. The van der Waals surface area contributed by atoms with Gasteiger partial charge in [-0.15, -0.1) is 11.8 Å². The van der Waals surface area contributed by atoms with E-state index in [0.29, 0.717) is 26.1 Å². The largest absolute Gasteiger partial charge is 0.394 e. The standard InChI is InChI=1S/C29H37N3O4S/c1-4-5-16-31-17-10-14-29-23(22-25(34)30(3)15-9-13-28(22,2)37-29)26(35)32(24(29)27(31)36)21(19-33)18-20-11-7-6-8-12-20/h6-14,21-24,33H,4-5,15-19H2,1-3H3/t21-,22+,23+,24?,28-,29+/m1/s1. The molecular weight excluding hydrogens is 486 g/mol. The van der Waals surface area contributed by atoms with E-state index < -0.39 is 33.4 Å². The van der Waals surface area contributed by atoms with E-state index in [-0.39, 0.29) is 24.3 Å². The number of carbonyl (C=O) groups excluding carboxylic acids is 3. The fraction of sp³-hybridized carbons (Fsp3) is 0.552. The van der Waals surface area contributed by atoms with Crippen LogP contribution in [0.15, 0.2) is 54.6 Å². The van der Waals surface area contributed by atoms with E-state index in [9.17, 15) is 19.5 Å². The summed E-state index contributed by atoms with van der Waals surface area (Å²) in [7, 11) is 1.77. The van der Waals surface area contributed by atoms with Gasteiger partial charge in [-0.3, -0.25) is 14.4 Å². The molecule has 1 aromatic carbocycles. The first-order valence-electron chi connectivity index (χ1n) is 13.3. The summed E-state index contributed by atoms with van der Waals surface area (Å²) in [4.78, 5) is 47.7. The molecule has 5 rings (SSSR count). The van der Waals surface area contributed by atoms with Crippen LogP contribution >= 0.6 is 11.8 Å². The number of likely N-dealkylation sites (tertiary alicyclic amines) is 1. The van der Waals surface area contributed by atoms with Crippen molar-refractivity contribution >= 4 is 29.5 Å². The molecule has 0 aliphatic carbocycles. The van der Waals surface area contributed by atoms with Crippen molar-refractivity contribution in [3.05, 3.63) is 60.2 Å². The predicted molar refractivity (Wildman–Crippen MR) is 145 cm³/mol. The van der Waals surface area contributed by atoms with Crippen molar-refractivity contribution in [2.75, 3.05) is 33.3 Å². The average Bonchev–Trinajstić information content (AvgIpc) is 3.17. The minimum Gasteiger partial charge on any atom is -0.394 e. The highest BCUT2D eigenvalue weighted by atomic mass is 32.2. The Morgan fingerprint density at radius 3 is 2.46 bits per heavy atom. The van der Waals surface area contributed by atoms with E-state index in [4.69, 9.17) is 0 Å². The van der Waals surface area contributed by atoms with Crippen LogP contribution in [0.25, 0.3) is 0 Å². The quantitative estimate of drug-likeness (QED) is 0.556. The lowest BCUT2D eigenvalue weighted by Gasteiger charge is -2.39. The summed E-state index contributed by atoms with van der Waals surface area (Å²) in [5, 5.41) is 10.6. The molecule has 3 amide bonds. The monoisotopic (exact) mass is 523 g/mol. The van der Waals surface area contributed by atoms with Gasteiger partial charge in [-0.2, -0.15) is 0 Å². The van der Waals surface area contributed by atoms with Gasteiger partial charge in [0.1, 0.15) is 6.04 Å². The maximum atomic E-state index is 14.5. The van der Waals surface area contributed by atoms with E-state index >= 15 is 0 Å². The molecule has 4 aliphatic heterocycles. The van der Waals surface area contributed by atoms with Crippen LogP contribution in [0.4, 0.5) is 0 Å². The number of amides is 3. The SMILES string of the molecule is CCCCN1CC=C[C@]23S[C@]4(C)C=CCN(C)C(=O)[C@@H]4[C@H]2C(=O)N([C@@H](CO)Cc2ccccc2)C3C1=O. The van der Waals surface area contributed by atoms with E-state index in [1.165, 1.54) is 0 Å². The lowest BCUT2D eigenvalue weighted by atomic mass is 9.74. The minimum atomic E-state index is -0.878. The van der Waals surface area contributed by atoms with Crippen molar-refractivity contribution in [1.29, 1.82) is 0 Å². The molecule has 2 saturated heterocycles. The van der Waals surface area contributed by atoms with Crippen molar-refractivity contribution in [3.63, 3.8) is 0 Å². The van der Waals surface area contributed by atoms with Gasteiger partial charge >= 0.3 is 0 Å². The van der Waals surface area contributed by atoms with E-state index in [0.717, 1.165) is 18.4 Å². The molecule has 4 aliphatic rings. The third kappa shape index (κ3) is 4.13. The molecule has 7 nitrogen and oxygen atoms in total. The van der Waals surface area contributed by atoms with Crippen molar-refractivity contribution in [2.45, 2.75) is 54.7 Å². The number of thioether (sulfide) groups is 1. The first-order valence-corrected chi connectivity index (χ1v) is 14.2. The number of aliphatic hydroxyl groups is 1. The Kier molecular flexibility index (Phi) is 7.00. The van der Waals surface area contributed by atoms with Gasteiger partial charge < -0.3 is 19.8 Å². The van der Waals surface area contributed by atoms with Gasteiger partial charge in [0, 0.05) is 31.4 Å². The maximum absolute atomic E-state index is 14.5. The molecule has 1 N–H and O–H groups in total. The first kappa shape index (κ1) is 26.0. The molecule has 0 radical (unpaired) electrons. The third-order valence-corrected chi connectivity index (χ3v) is 10.3. The number of fused-ring (bicyclic) bond motifs is 2. The Morgan fingerprint density at radius 2 is 1.76 bits per heavy atom. The van der Waals surface area contributed by atoms with E-state index in [2.05, 4.69) is 13.0 Å². The Bertz CT molecular complexity index is 1120. The van der Waals surface area contributed by atoms with Gasteiger partial charge in [-0.1, -0.05) is 68.0 Å². The van der Waals surface area contributed by atoms with Crippen molar-refractivity contribution in [1.82, 2.24) is 14.7 Å². The number of nitrogens with zero attached hydrogens (tertiary/aromatic N) is 3. The van der Waals surface area contributed by atoms with Gasteiger partial charge in [0.25, 0.3) is 0 Å². The van der Waals surface area contributed by atoms with Gasteiger partial charge in [-0.25, -0.2) is 0 Å². The molecule has 1 spiro atoms. The zero-order valence-electron chi connectivity index (χ0n) is 21.9. The molecule has 0 saturated carbocycles. The lowest BCUT2D eigenvalue weighted by molar-refractivity contribution is -0.147. The second-order valence-corrected chi connectivity index (χ2v) is 12.7. The molecule has 8 heteroatoms. The number of benzene rings is 1. The van der Waals surface area contributed by atoms with Crippen LogP contribution in [0.3, 0.4) is 0 Å². The molecule has 198 valence electrons. The summed E-state index contributed by atoms with van der Waals surface area (Å²) in [6.45, 7) is 5.47. The Hall–Kier alpha value is -2.58. The summed E-state index contributed by atoms with van der Waals surface area (Å²) in [6, 6.07) is 8.42. The fourth-order valence-electron chi connectivity index (χ4n) is 6.71. The van der Waals surface area contributed by atoms with Crippen LogP contribution in [0, 0.1) is 11.8 Å². The molecule has 6 atom stereocenters. The van der Waals surface area contributed by atoms with Crippen molar-refractivity contribution in [2.24, 2.45) is 11.8 Å². The van der Waals surface area contributed by atoms with Crippen LogP contribution in [0.5, 0.6) is 0 Å². The maximum Gasteiger partial charge on any atom is 0.247 e. The van der Waals surface area contributed by atoms with Crippen molar-refractivity contribution in [3.8, 4) is 0 Å². The number of hydrogen-bond donors (Lipinski definition) is 1. The van der Waals surface area contributed by atoms with Gasteiger partial charge in [-0.05, 0) is 25.3 Å². The minimum absolute atomic E-state index is 0.0626. The number of hydrogen-bond acceptors (Lipinski definition) is 5. The smallest absolute Gasteiger partial charge is 0.247 e. The van der Waals surface area contributed by atoms with E-state index in [1.54, 1.807) is 28.6 Å². The van der Waals surface area contributed by atoms with Crippen LogP contribution < -0.4 is 0 Å². The topological polar surface area (TPSA) is 81.2 Å². The number of carbonyl (C=O) groups is 3. The van der Waals surface area contributed by atoms with Crippen molar-refractivity contribution < 1.29 is 19.5 Å². The fourth-order valence-corrected chi connectivity index (χ4v) is 8.85. The molecule has 2 fully saturated rings. The summed E-state index contributed by atoms with van der Waals surface area (Å²) in [5.74, 6) is -1.61. The molecule has 0 bridgehead atoms. The number of rotatable bonds is 7. The van der Waals surface area contributed by atoms with Crippen LogP contribution in [-0.4, -0.2) is 92.4 Å². The summed E-state index contributed by atoms with van der Waals surface area (Å²) < 4.78 is -1.49. The number of unbranched alkanes of at least 4 members (excludes halogenated alkanes) is 1. The zero-order valence-corrected chi connectivity index (χ0v) is 22.7. The molecule has 1 unspecified atom stereocenters. The first-order chi connectivity index (χ1) is 17.8. The number of likely N-dealkylation sites (N-methyl/N-ethyl adjacent to an activating group) is 1.